The summed E-state index contributed by atoms with van der Waals surface area (Å²) in [6.45, 7) is 0.246. The Labute approximate surface area is 119 Å². The number of aromatic nitrogens is 2. The summed E-state index contributed by atoms with van der Waals surface area (Å²) in [4.78, 5) is 22.0. The van der Waals surface area contributed by atoms with Crippen LogP contribution in [0.5, 0.6) is 0 Å². The molecular formula is C12H11ClN4O3. The first-order valence-electron chi connectivity index (χ1n) is 5.68. The van der Waals surface area contributed by atoms with Crippen LogP contribution in [0.1, 0.15) is 16.1 Å². The molecular weight excluding hydrogens is 284 g/mol. The predicted molar refractivity (Wildman–Crippen MR) is 72.5 cm³/mol. The zero-order valence-corrected chi connectivity index (χ0v) is 11.3. The third-order valence-electron chi connectivity index (χ3n) is 2.60. The van der Waals surface area contributed by atoms with Gasteiger partial charge in [-0.2, -0.15) is 5.10 Å². The first-order valence-corrected chi connectivity index (χ1v) is 6.06. The van der Waals surface area contributed by atoms with Gasteiger partial charge in [0.25, 0.3) is 11.6 Å². The highest BCUT2D eigenvalue weighted by Gasteiger charge is 2.16. The molecule has 8 heteroatoms. The first kappa shape index (κ1) is 14.0. The standard InChI is InChI=1S/C12H11ClN4O3/c1-16-5-4-9(15-16)7-14-12(18)8-2-3-10(13)11(6-8)17(19)20/h2-6H,7H2,1H3,(H,14,18). The summed E-state index contributed by atoms with van der Waals surface area (Å²) in [5.41, 5.74) is 0.582. The minimum Gasteiger partial charge on any atom is -0.346 e. The number of rotatable bonds is 4. The van der Waals surface area contributed by atoms with Gasteiger partial charge in [-0.3, -0.25) is 19.6 Å². The molecule has 7 nitrogen and oxygen atoms in total. The fraction of sp³-hybridized carbons (Fsp3) is 0.167. The van der Waals surface area contributed by atoms with Crippen molar-refractivity contribution in [2.45, 2.75) is 6.54 Å². The molecule has 20 heavy (non-hydrogen) atoms. The molecule has 1 N–H and O–H groups in total. The van der Waals surface area contributed by atoms with Crippen LogP contribution in [0, 0.1) is 10.1 Å². The van der Waals surface area contributed by atoms with Crippen LogP contribution in [-0.4, -0.2) is 20.6 Å². The number of nitro groups is 1. The summed E-state index contributed by atoms with van der Waals surface area (Å²) >= 11 is 5.69. The molecule has 0 radical (unpaired) electrons. The van der Waals surface area contributed by atoms with E-state index in [2.05, 4.69) is 10.4 Å². The van der Waals surface area contributed by atoms with Gasteiger partial charge in [0.05, 0.1) is 17.2 Å². The monoisotopic (exact) mass is 294 g/mol. The van der Waals surface area contributed by atoms with Crippen LogP contribution in [-0.2, 0) is 13.6 Å². The minimum atomic E-state index is -0.627. The Morgan fingerprint density at radius 3 is 2.85 bits per heavy atom. The fourth-order valence-electron chi connectivity index (χ4n) is 1.62. The summed E-state index contributed by atoms with van der Waals surface area (Å²) in [6, 6.07) is 5.68. The van der Waals surface area contributed by atoms with Gasteiger partial charge in [-0.1, -0.05) is 11.6 Å². The Balaban J connectivity index is 2.09. The van der Waals surface area contributed by atoms with E-state index >= 15 is 0 Å². The van der Waals surface area contributed by atoms with Crippen LogP contribution in [0.15, 0.2) is 30.5 Å². The normalized spacial score (nSPS) is 10.3. The molecule has 2 aromatic rings. The number of hydrogen-bond donors (Lipinski definition) is 1. The van der Waals surface area contributed by atoms with E-state index in [-0.39, 0.29) is 22.8 Å². The Kier molecular flexibility index (Phi) is 3.99. The quantitative estimate of drug-likeness (QED) is 0.689. The van der Waals surface area contributed by atoms with Crippen LogP contribution in [0.2, 0.25) is 5.02 Å². The van der Waals surface area contributed by atoms with Gasteiger partial charge < -0.3 is 5.32 Å². The predicted octanol–water partition coefficient (Wildman–Crippen LogP) is 1.91. The van der Waals surface area contributed by atoms with E-state index in [0.29, 0.717) is 5.69 Å². The van der Waals surface area contributed by atoms with Crippen LogP contribution < -0.4 is 5.32 Å². The number of nitrogens with zero attached hydrogens (tertiary/aromatic N) is 3. The number of nitro benzene ring substituents is 1. The minimum absolute atomic E-state index is 0.00345. The summed E-state index contributed by atoms with van der Waals surface area (Å²) in [6.07, 6.45) is 1.76. The van der Waals surface area contributed by atoms with Crippen molar-refractivity contribution >= 4 is 23.2 Å². The molecule has 0 aliphatic heterocycles. The zero-order chi connectivity index (χ0) is 14.7. The maximum Gasteiger partial charge on any atom is 0.288 e. The molecule has 104 valence electrons. The van der Waals surface area contributed by atoms with Crippen molar-refractivity contribution < 1.29 is 9.72 Å². The van der Waals surface area contributed by atoms with E-state index < -0.39 is 10.8 Å². The molecule has 2 rings (SSSR count). The van der Waals surface area contributed by atoms with Gasteiger partial charge >= 0.3 is 0 Å². The second-order valence-corrected chi connectivity index (χ2v) is 4.49. The van der Waals surface area contributed by atoms with E-state index in [1.54, 1.807) is 24.0 Å². The lowest BCUT2D eigenvalue weighted by atomic mass is 10.2. The van der Waals surface area contributed by atoms with E-state index in [0.717, 1.165) is 6.07 Å². The maximum absolute atomic E-state index is 11.9. The lowest BCUT2D eigenvalue weighted by Crippen LogP contribution is -2.23. The van der Waals surface area contributed by atoms with Crippen LogP contribution >= 0.6 is 11.6 Å². The highest BCUT2D eigenvalue weighted by atomic mass is 35.5. The second-order valence-electron chi connectivity index (χ2n) is 4.09. The van der Waals surface area contributed by atoms with E-state index in [9.17, 15) is 14.9 Å². The van der Waals surface area contributed by atoms with Gasteiger partial charge in [0.15, 0.2) is 0 Å². The average Bonchev–Trinajstić information content (AvgIpc) is 2.82. The van der Waals surface area contributed by atoms with Gasteiger partial charge in [0, 0.05) is 24.9 Å². The molecule has 1 aromatic heterocycles. The zero-order valence-electron chi connectivity index (χ0n) is 10.5. The Morgan fingerprint density at radius 1 is 1.50 bits per heavy atom. The largest absolute Gasteiger partial charge is 0.346 e. The summed E-state index contributed by atoms with van der Waals surface area (Å²) in [5, 5.41) is 17.5. The van der Waals surface area contributed by atoms with Crippen molar-refractivity contribution in [3.8, 4) is 0 Å². The smallest absolute Gasteiger partial charge is 0.288 e. The number of carbonyl (C=O) groups excluding carboxylic acids is 1. The van der Waals surface area contributed by atoms with Crippen LogP contribution in [0.3, 0.4) is 0 Å². The molecule has 0 saturated carbocycles. The van der Waals surface area contributed by atoms with Gasteiger partial charge in [0.1, 0.15) is 5.02 Å². The molecule has 0 saturated heterocycles. The number of benzene rings is 1. The molecule has 1 heterocycles. The first-order chi connectivity index (χ1) is 9.47. The molecule has 1 aromatic carbocycles. The van der Waals surface area contributed by atoms with E-state index in [1.165, 1.54) is 12.1 Å². The van der Waals surface area contributed by atoms with Gasteiger partial charge in [-0.15, -0.1) is 0 Å². The SMILES string of the molecule is Cn1ccc(CNC(=O)c2ccc(Cl)c([N+](=O)[O-])c2)n1. The topological polar surface area (TPSA) is 90.1 Å². The molecule has 0 aliphatic carbocycles. The fourth-order valence-corrected chi connectivity index (χ4v) is 1.81. The molecule has 0 bridgehead atoms. The van der Waals surface area contributed by atoms with Crippen molar-refractivity contribution in [3.05, 3.63) is 56.9 Å². The van der Waals surface area contributed by atoms with Crippen molar-refractivity contribution in [1.82, 2.24) is 15.1 Å². The lowest BCUT2D eigenvalue weighted by molar-refractivity contribution is -0.384. The number of halogens is 1. The third kappa shape index (κ3) is 3.12. The number of aryl methyl sites for hydroxylation is 1. The number of hydrogen-bond acceptors (Lipinski definition) is 4. The number of amides is 1. The van der Waals surface area contributed by atoms with Crippen molar-refractivity contribution in [1.29, 1.82) is 0 Å². The van der Waals surface area contributed by atoms with Gasteiger partial charge in [-0.05, 0) is 18.2 Å². The molecule has 0 spiro atoms. The van der Waals surface area contributed by atoms with Gasteiger partial charge in [0.2, 0.25) is 0 Å². The van der Waals surface area contributed by atoms with Crippen molar-refractivity contribution in [2.24, 2.45) is 7.05 Å². The molecule has 0 unspecified atom stereocenters. The van der Waals surface area contributed by atoms with E-state index in [1.807, 2.05) is 0 Å². The van der Waals surface area contributed by atoms with Crippen LogP contribution in [0.4, 0.5) is 5.69 Å². The summed E-state index contributed by atoms with van der Waals surface area (Å²) < 4.78 is 1.62. The Morgan fingerprint density at radius 2 is 2.25 bits per heavy atom. The highest BCUT2D eigenvalue weighted by Crippen LogP contribution is 2.24. The van der Waals surface area contributed by atoms with E-state index in [4.69, 9.17) is 11.6 Å². The number of carbonyl (C=O) groups is 1. The highest BCUT2D eigenvalue weighted by molar-refractivity contribution is 6.32. The third-order valence-corrected chi connectivity index (χ3v) is 2.92. The molecule has 1 amide bonds. The summed E-state index contributed by atoms with van der Waals surface area (Å²) in [5.74, 6) is -0.421. The second kappa shape index (κ2) is 5.70. The maximum atomic E-state index is 11.9. The molecule has 0 atom stereocenters. The Bertz CT molecular complexity index is 668. The number of nitrogens with one attached hydrogen (secondary N) is 1. The Hall–Kier alpha value is -2.41. The van der Waals surface area contributed by atoms with Crippen LogP contribution in [0.25, 0.3) is 0 Å². The van der Waals surface area contributed by atoms with Gasteiger partial charge in [-0.25, -0.2) is 0 Å². The van der Waals surface area contributed by atoms with Crippen molar-refractivity contribution in [3.63, 3.8) is 0 Å². The average molecular weight is 295 g/mol. The lowest BCUT2D eigenvalue weighted by Gasteiger charge is -2.04. The molecule has 0 fully saturated rings. The summed E-state index contributed by atoms with van der Waals surface area (Å²) in [7, 11) is 1.77. The molecule has 0 aliphatic rings. The van der Waals surface area contributed by atoms with Crippen molar-refractivity contribution in [2.75, 3.05) is 0 Å².